The van der Waals surface area contributed by atoms with Crippen molar-refractivity contribution in [1.29, 1.82) is 0 Å². The Morgan fingerprint density at radius 3 is 2.22 bits per heavy atom. The van der Waals surface area contributed by atoms with Gasteiger partial charge in [-0.3, -0.25) is 0 Å². The van der Waals surface area contributed by atoms with Gasteiger partial charge in [-0.1, -0.05) is 13.8 Å². The molecule has 6 heteroatoms. The monoisotopic (exact) mass is 328 g/mol. The highest BCUT2D eigenvalue weighted by Crippen LogP contribution is 2.10. The van der Waals surface area contributed by atoms with Gasteiger partial charge < -0.3 is 15.4 Å². The highest BCUT2D eigenvalue weighted by molar-refractivity contribution is 5.68. The average Bonchev–Trinajstić information content (AvgIpc) is 2.33. The van der Waals surface area contributed by atoms with E-state index in [4.69, 9.17) is 4.74 Å². The summed E-state index contributed by atoms with van der Waals surface area (Å²) in [5.74, 6) is -1.03. The third-order valence-corrected chi connectivity index (χ3v) is 3.12. The van der Waals surface area contributed by atoms with E-state index in [2.05, 4.69) is 10.6 Å². The summed E-state index contributed by atoms with van der Waals surface area (Å²) >= 11 is 0. The zero-order valence-electron chi connectivity index (χ0n) is 14.4. The van der Waals surface area contributed by atoms with Gasteiger partial charge in [0.1, 0.15) is 17.2 Å². The Balaban J connectivity index is 2.52. The number of nitrogens with one attached hydrogen (secondary N) is 2. The van der Waals surface area contributed by atoms with Crippen LogP contribution < -0.4 is 10.6 Å². The summed E-state index contributed by atoms with van der Waals surface area (Å²) in [5, 5.41) is 5.91. The van der Waals surface area contributed by atoms with E-state index in [1.165, 1.54) is 12.1 Å². The number of ether oxygens (including phenoxy) is 1. The summed E-state index contributed by atoms with van der Waals surface area (Å²) < 4.78 is 31.5. The zero-order valence-corrected chi connectivity index (χ0v) is 14.4. The fourth-order valence-electron chi connectivity index (χ4n) is 2.00. The summed E-state index contributed by atoms with van der Waals surface area (Å²) in [4.78, 5) is 11.8. The molecule has 1 amide bonds. The predicted molar refractivity (Wildman–Crippen MR) is 86.1 cm³/mol. The topological polar surface area (TPSA) is 50.4 Å². The lowest BCUT2D eigenvalue weighted by atomic mass is 10.0. The largest absolute Gasteiger partial charge is 0.444 e. The summed E-state index contributed by atoms with van der Waals surface area (Å²) in [7, 11) is 0. The molecule has 1 rings (SSSR count). The molecule has 0 aliphatic heterocycles. The Kier molecular flexibility index (Phi) is 6.94. The van der Waals surface area contributed by atoms with Gasteiger partial charge in [-0.25, -0.2) is 13.6 Å². The Morgan fingerprint density at radius 2 is 1.74 bits per heavy atom. The average molecular weight is 328 g/mol. The minimum absolute atomic E-state index is 0.150. The first-order chi connectivity index (χ1) is 10.6. The second-order valence-corrected chi connectivity index (χ2v) is 6.91. The molecule has 4 nitrogen and oxygen atoms in total. The molecule has 130 valence electrons. The van der Waals surface area contributed by atoms with Crippen molar-refractivity contribution in [1.82, 2.24) is 10.6 Å². The zero-order chi connectivity index (χ0) is 17.6. The molecule has 0 bridgehead atoms. The van der Waals surface area contributed by atoms with Crippen molar-refractivity contribution < 1.29 is 18.3 Å². The smallest absolute Gasteiger partial charge is 0.407 e. The first-order valence-corrected chi connectivity index (χ1v) is 7.72. The molecule has 0 aliphatic carbocycles. The van der Waals surface area contributed by atoms with Crippen LogP contribution in [-0.4, -0.2) is 24.3 Å². The first kappa shape index (κ1) is 19.4. The number of carbonyl (C=O) groups excluding carboxylic acids is 1. The van der Waals surface area contributed by atoms with E-state index in [9.17, 15) is 13.6 Å². The molecule has 0 heterocycles. The van der Waals surface area contributed by atoms with Crippen molar-refractivity contribution in [2.75, 3.05) is 6.54 Å². The molecule has 0 aliphatic rings. The van der Waals surface area contributed by atoms with Crippen LogP contribution in [0.4, 0.5) is 13.6 Å². The fraction of sp³-hybridized carbons (Fsp3) is 0.588. The Hall–Kier alpha value is -1.69. The highest BCUT2D eigenvalue weighted by Gasteiger charge is 2.21. The van der Waals surface area contributed by atoms with Crippen LogP contribution in [0.2, 0.25) is 0 Å². The van der Waals surface area contributed by atoms with Crippen LogP contribution in [0.15, 0.2) is 18.2 Å². The van der Waals surface area contributed by atoms with Gasteiger partial charge in [0.25, 0.3) is 0 Å². The minimum Gasteiger partial charge on any atom is -0.444 e. The summed E-state index contributed by atoms with van der Waals surface area (Å²) in [6.07, 6.45) is -0.477. The SMILES string of the molecule is CC(C)C(CNCc1cc(F)cc(F)c1)NC(=O)OC(C)(C)C. The molecule has 0 fully saturated rings. The predicted octanol–water partition coefficient (Wildman–Crippen LogP) is 3.60. The summed E-state index contributed by atoms with van der Waals surface area (Å²) in [5.41, 5.74) is -0.0414. The van der Waals surface area contributed by atoms with E-state index < -0.39 is 23.3 Å². The molecule has 1 atom stereocenters. The number of halogens is 2. The van der Waals surface area contributed by atoms with Crippen LogP contribution in [-0.2, 0) is 11.3 Å². The number of amides is 1. The quantitative estimate of drug-likeness (QED) is 0.839. The van der Waals surface area contributed by atoms with E-state index in [0.717, 1.165) is 6.07 Å². The molecule has 0 spiro atoms. The Morgan fingerprint density at radius 1 is 1.17 bits per heavy atom. The molecule has 2 N–H and O–H groups in total. The maximum atomic E-state index is 13.1. The van der Waals surface area contributed by atoms with Crippen LogP contribution in [0, 0.1) is 17.6 Å². The molecule has 1 aromatic carbocycles. The molecule has 0 saturated heterocycles. The van der Waals surface area contributed by atoms with Gasteiger partial charge in [0.2, 0.25) is 0 Å². The number of benzene rings is 1. The molecular formula is C17H26F2N2O2. The maximum Gasteiger partial charge on any atom is 0.407 e. The van der Waals surface area contributed by atoms with Crippen molar-refractivity contribution in [3.63, 3.8) is 0 Å². The van der Waals surface area contributed by atoms with Crippen LogP contribution in [0.25, 0.3) is 0 Å². The Labute approximate surface area is 136 Å². The highest BCUT2D eigenvalue weighted by atomic mass is 19.1. The fourth-order valence-corrected chi connectivity index (χ4v) is 2.00. The van der Waals surface area contributed by atoms with E-state index >= 15 is 0 Å². The van der Waals surface area contributed by atoms with Gasteiger partial charge in [0.15, 0.2) is 0 Å². The van der Waals surface area contributed by atoms with E-state index in [-0.39, 0.29) is 12.0 Å². The second kappa shape index (κ2) is 8.24. The van der Waals surface area contributed by atoms with Crippen LogP contribution in [0.5, 0.6) is 0 Å². The maximum absolute atomic E-state index is 13.1. The molecule has 23 heavy (non-hydrogen) atoms. The number of hydrogen-bond donors (Lipinski definition) is 2. The molecule has 0 saturated carbocycles. The second-order valence-electron chi connectivity index (χ2n) is 6.91. The third-order valence-electron chi connectivity index (χ3n) is 3.12. The van der Waals surface area contributed by atoms with Crippen molar-refractivity contribution in [3.8, 4) is 0 Å². The molecule has 1 unspecified atom stereocenters. The van der Waals surface area contributed by atoms with E-state index in [1.807, 2.05) is 13.8 Å². The molecule has 0 aromatic heterocycles. The number of alkyl carbamates (subject to hydrolysis) is 1. The first-order valence-electron chi connectivity index (χ1n) is 7.72. The van der Waals surface area contributed by atoms with Crippen LogP contribution in [0.1, 0.15) is 40.2 Å². The van der Waals surface area contributed by atoms with Crippen LogP contribution in [0.3, 0.4) is 0 Å². The summed E-state index contributed by atoms with van der Waals surface area (Å²) in [6, 6.07) is 3.25. The van der Waals surface area contributed by atoms with Gasteiger partial charge >= 0.3 is 6.09 Å². The number of rotatable bonds is 6. The van der Waals surface area contributed by atoms with Gasteiger partial charge in [0, 0.05) is 25.2 Å². The van der Waals surface area contributed by atoms with Gasteiger partial charge in [-0.2, -0.15) is 0 Å². The Bertz CT molecular complexity index is 508. The minimum atomic E-state index is -0.603. The number of carbonyl (C=O) groups is 1. The van der Waals surface area contributed by atoms with Gasteiger partial charge in [0.05, 0.1) is 0 Å². The summed E-state index contributed by atoms with van der Waals surface area (Å²) in [6.45, 7) is 10.1. The van der Waals surface area contributed by atoms with Crippen molar-refractivity contribution >= 4 is 6.09 Å². The molecular weight excluding hydrogens is 302 g/mol. The lowest BCUT2D eigenvalue weighted by molar-refractivity contribution is 0.0490. The molecule has 0 radical (unpaired) electrons. The standard InChI is InChI=1S/C17H26F2N2O2/c1-11(2)15(21-16(22)23-17(3,4)5)10-20-9-12-6-13(18)8-14(19)7-12/h6-8,11,15,20H,9-10H2,1-5H3,(H,21,22). The van der Waals surface area contributed by atoms with Crippen molar-refractivity contribution in [2.45, 2.75) is 52.8 Å². The normalized spacial score (nSPS) is 13.0. The van der Waals surface area contributed by atoms with E-state index in [0.29, 0.717) is 18.7 Å². The van der Waals surface area contributed by atoms with E-state index in [1.54, 1.807) is 20.8 Å². The van der Waals surface area contributed by atoms with Crippen molar-refractivity contribution in [2.24, 2.45) is 5.92 Å². The van der Waals surface area contributed by atoms with Gasteiger partial charge in [-0.05, 0) is 44.4 Å². The van der Waals surface area contributed by atoms with Gasteiger partial charge in [-0.15, -0.1) is 0 Å². The lowest BCUT2D eigenvalue weighted by Crippen LogP contribution is -2.46. The third kappa shape index (κ3) is 7.93. The van der Waals surface area contributed by atoms with Crippen LogP contribution >= 0.6 is 0 Å². The van der Waals surface area contributed by atoms with Crippen molar-refractivity contribution in [3.05, 3.63) is 35.4 Å². The molecule has 1 aromatic rings. The number of hydrogen-bond acceptors (Lipinski definition) is 3. The lowest BCUT2D eigenvalue weighted by Gasteiger charge is -2.26.